The number of likely N-dealkylation sites (N-methyl/N-ethyl adjacent to an activating group) is 1. The Bertz CT molecular complexity index is 987. The highest BCUT2D eigenvalue weighted by Crippen LogP contribution is 2.25. The number of benzene rings is 2. The van der Waals surface area contributed by atoms with Crippen molar-refractivity contribution in [3.8, 4) is 17.1 Å². The number of amides is 1. The van der Waals surface area contributed by atoms with Gasteiger partial charge >= 0.3 is 0 Å². The van der Waals surface area contributed by atoms with Gasteiger partial charge < -0.3 is 14.2 Å². The SMILES string of the molecule is Cc1ccc(C)c(O[C@H](C)C(=O)N(C)Cc2nc(-c3ccccc3Cl)no2)c1. The van der Waals surface area contributed by atoms with Crippen LogP contribution in [-0.2, 0) is 11.3 Å². The van der Waals surface area contributed by atoms with E-state index < -0.39 is 6.10 Å². The van der Waals surface area contributed by atoms with Crippen LogP contribution in [0, 0.1) is 13.8 Å². The van der Waals surface area contributed by atoms with Crippen LogP contribution in [0.3, 0.4) is 0 Å². The lowest BCUT2D eigenvalue weighted by Crippen LogP contribution is -2.37. The van der Waals surface area contributed by atoms with Crippen LogP contribution in [-0.4, -0.2) is 34.1 Å². The van der Waals surface area contributed by atoms with Gasteiger partial charge in [-0.25, -0.2) is 0 Å². The van der Waals surface area contributed by atoms with Crippen molar-refractivity contribution in [2.75, 3.05) is 7.05 Å². The van der Waals surface area contributed by atoms with E-state index in [0.717, 1.165) is 11.1 Å². The molecular formula is C21H22ClN3O3. The molecule has 1 amide bonds. The highest BCUT2D eigenvalue weighted by molar-refractivity contribution is 6.33. The Morgan fingerprint density at radius 3 is 2.75 bits per heavy atom. The number of hydrogen-bond acceptors (Lipinski definition) is 5. The first-order chi connectivity index (χ1) is 13.3. The molecule has 146 valence electrons. The number of aryl methyl sites for hydroxylation is 2. The summed E-state index contributed by atoms with van der Waals surface area (Å²) >= 11 is 6.16. The number of nitrogens with zero attached hydrogens (tertiary/aromatic N) is 3. The van der Waals surface area contributed by atoms with Gasteiger partial charge in [-0.1, -0.05) is 41.0 Å². The number of aromatic nitrogens is 2. The van der Waals surface area contributed by atoms with Crippen molar-refractivity contribution in [1.29, 1.82) is 0 Å². The van der Waals surface area contributed by atoms with Gasteiger partial charge in [-0.3, -0.25) is 4.79 Å². The second-order valence-corrected chi connectivity index (χ2v) is 7.12. The zero-order chi connectivity index (χ0) is 20.3. The number of carbonyl (C=O) groups is 1. The minimum Gasteiger partial charge on any atom is -0.481 e. The van der Waals surface area contributed by atoms with Gasteiger partial charge in [-0.2, -0.15) is 4.98 Å². The molecule has 0 unspecified atom stereocenters. The normalized spacial score (nSPS) is 11.9. The number of ether oxygens (including phenoxy) is 1. The van der Waals surface area contributed by atoms with Crippen molar-refractivity contribution in [2.45, 2.75) is 33.4 Å². The van der Waals surface area contributed by atoms with Crippen molar-refractivity contribution in [3.05, 3.63) is 64.5 Å². The average Bonchev–Trinajstić information content (AvgIpc) is 3.12. The lowest BCUT2D eigenvalue weighted by Gasteiger charge is -2.21. The van der Waals surface area contributed by atoms with Crippen LogP contribution in [0.2, 0.25) is 5.02 Å². The molecule has 6 nitrogen and oxygen atoms in total. The summed E-state index contributed by atoms with van der Waals surface area (Å²) in [5, 5.41) is 4.49. The molecule has 1 heterocycles. The Hall–Kier alpha value is -2.86. The summed E-state index contributed by atoms with van der Waals surface area (Å²) in [4.78, 5) is 18.5. The standard InChI is InChI=1S/C21H22ClN3O3/c1-13-9-10-14(2)18(11-13)27-15(3)21(26)25(4)12-19-23-20(24-28-19)16-7-5-6-8-17(16)22/h5-11,15H,12H2,1-4H3/t15-/m1/s1. The number of halogens is 1. The highest BCUT2D eigenvalue weighted by Gasteiger charge is 2.22. The van der Waals surface area contributed by atoms with E-state index in [4.69, 9.17) is 20.9 Å². The summed E-state index contributed by atoms with van der Waals surface area (Å²) in [7, 11) is 1.67. The zero-order valence-electron chi connectivity index (χ0n) is 16.3. The molecule has 1 atom stereocenters. The average molecular weight is 400 g/mol. The molecule has 0 aliphatic carbocycles. The molecule has 2 aromatic carbocycles. The Labute approximate surface area is 169 Å². The molecule has 0 fully saturated rings. The largest absolute Gasteiger partial charge is 0.481 e. The molecule has 7 heteroatoms. The van der Waals surface area contributed by atoms with Gasteiger partial charge in [0.05, 0.1) is 11.6 Å². The maximum Gasteiger partial charge on any atom is 0.263 e. The highest BCUT2D eigenvalue weighted by atomic mass is 35.5. The first kappa shape index (κ1) is 19.9. The van der Waals surface area contributed by atoms with Crippen molar-refractivity contribution in [1.82, 2.24) is 15.0 Å². The third kappa shape index (κ3) is 4.51. The van der Waals surface area contributed by atoms with Gasteiger partial charge in [0.15, 0.2) is 6.10 Å². The molecule has 0 saturated heterocycles. The van der Waals surface area contributed by atoms with Crippen LogP contribution in [0.4, 0.5) is 0 Å². The van der Waals surface area contributed by atoms with E-state index in [1.54, 1.807) is 20.0 Å². The van der Waals surface area contributed by atoms with Gasteiger partial charge in [0.2, 0.25) is 11.7 Å². The fraction of sp³-hybridized carbons (Fsp3) is 0.286. The van der Waals surface area contributed by atoms with Gasteiger partial charge in [-0.15, -0.1) is 0 Å². The molecule has 0 radical (unpaired) electrons. The predicted molar refractivity (Wildman–Crippen MR) is 107 cm³/mol. The predicted octanol–water partition coefficient (Wildman–Crippen LogP) is 4.43. The van der Waals surface area contributed by atoms with E-state index in [-0.39, 0.29) is 12.5 Å². The fourth-order valence-corrected chi connectivity index (χ4v) is 2.96. The molecule has 3 aromatic rings. The first-order valence-electron chi connectivity index (χ1n) is 8.91. The van der Waals surface area contributed by atoms with E-state index in [1.165, 1.54) is 4.90 Å². The lowest BCUT2D eigenvalue weighted by atomic mass is 10.1. The molecule has 0 bridgehead atoms. The van der Waals surface area contributed by atoms with Crippen LogP contribution >= 0.6 is 11.6 Å². The minimum absolute atomic E-state index is 0.177. The quantitative estimate of drug-likeness (QED) is 0.613. The maximum atomic E-state index is 12.7. The van der Waals surface area contributed by atoms with E-state index in [1.807, 2.05) is 50.2 Å². The van der Waals surface area contributed by atoms with Gasteiger partial charge in [0, 0.05) is 12.6 Å². The van der Waals surface area contributed by atoms with Crippen molar-refractivity contribution < 1.29 is 14.1 Å². The van der Waals surface area contributed by atoms with E-state index in [9.17, 15) is 4.79 Å². The van der Waals surface area contributed by atoms with E-state index in [2.05, 4.69) is 10.1 Å². The molecule has 1 aromatic heterocycles. The molecule has 0 spiro atoms. The second-order valence-electron chi connectivity index (χ2n) is 6.71. The van der Waals surface area contributed by atoms with Gasteiger partial charge in [0.25, 0.3) is 5.91 Å². The van der Waals surface area contributed by atoms with Crippen LogP contribution in [0.25, 0.3) is 11.4 Å². The summed E-state index contributed by atoms with van der Waals surface area (Å²) in [6.07, 6.45) is -0.642. The van der Waals surface area contributed by atoms with Crippen LogP contribution in [0.1, 0.15) is 23.9 Å². The minimum atomic E-state index is -0.642. The Balaban J connectivity index is 1.66. The van der Waals surface area contributed by atoms with Crippen LogP contribution < -0.4 is 4.74 Å². The Kier molecular flexibility index (Phi) is 5.99. The summed E-state index contributed by atoms with van der Waals surface area (Å²) in [5.74, 6) is 1.23. The van der Waals surface area contributed by atoms with Crippen molar-refractivity contribution in [3.63, 3.8) is 0 Å². The molecule has 3 rings (SSSR count). The second kappa shape index (κ2) is 8.44. The smallest absolute Gasteiger partial charge is 0.263 e. The van der Waals surface area contributed by atoms with Gasteiger partial charge in [0.1, 0.15) is 5.75 Å². The lowest BCUT2D eigenvalue weighted by molar-refractivity contribution is -0.137. The first-order valence-corrected chi connectivity index (χ1v) is 9.29. The van der Waals surface area contributed by atoms with E-state index in [0.29, 0.717) is 28.1 Å². The number of rotatable bonds is 6. The maximum absolute atomic E-state index is 12.7. The van der Waals surface area contributed by atoms with Crippen LogP contribution in [0.15, 0.2) is 47.0 Å². The molecule has 0 N–H and O–H groups in total. The van der Waals surface area contributed by atoms with E-state index >= 15 is 0 Å². The molecule has 0 saturated carbocycles. The van der Waals surface area contributed by atoms with Crippen molar-refractivity contribution >= 4 is 17.5 Å². The summed E-state index contributed by atoms with van der Waals surface area (Å²) in [6.45, 7) is 5.84. The summed E-state index contributed by atoms with van der Waals surface area (Å²) in [6, 6.07) is 13.1. The number of hydrogen-bond donors (Lipinski definition) is 0. The third-order valence-electron chi connectivity index (χ3n) is 4.33. The zero-order valence-corrected chi connectivity index (χ0v) is 17.0. The van der Waals surface area contributed by atoms with Gasteiger partial charge in [-0.05, 0) is 50.1 Å². The van der Waals surface area contributed by atoms with Crippen molar-refractivity contribution in [2.24, 2.45) is 0 Å². The fourth-order valence-electron chi connectivity index (χ4n) is 2.74. The topological polar surface area (TPSA) is 68.5 Å². The Morgan fingerprint density at radius 1 is 1.25 bits per heavy atom. The number of carbonyl (C=O) groups excluding carboxylic acids is 1. The molecule has 0 aliphatic heterocycles. The molecule has 28 heavy (non-hydrogen) atoms. The molecular weight excluding hydrogens is 378 g/mol. The van der Waals surface area contributed by atoms with Crippen LogP contribution in [0.5, 0.6) is 5.75 Å². The third-order valence-corrected chi connectivity index (χ3v) is 4.66. The monoisotopic (exact) mass is 399 g/mol. The Morgan fingerprint density at radius 2 is 2.00 bits per heavy atom. The summed E-state index contributed by atoms with van der Waals surface area (Å²) < 4.78 is 11.1. The summed E-state index contributed by atoms with van der Waals surface area (Å²) in [5.41, 5.74) is 2.74. The molecule has 0 aliphatic rings.